The fraction of sp³-hybridized carbons (Fsp3) is 0.316. The molecule has 1 heterocycles. The molecule has 130 valence electrons. The number of nitrogens with one attached hydrogen (secondary N) is 2. The molecule has 25 heavy (non-hydrogen) atoms. The molecule has 2 N–H and O–H groups in total. The molecule has 6 heteroatoms. The molecule has 0 saturated carbocycles. The first-order chi connectivity index (χ1) is 12.2. The maximum absolute atomic E-state index is 5.50. The highest BCUT2D eigenvalue weighted by molar-refractivity contribution is 7.80. The van der Waals surface area contributed by atoms with E-state index in [-0.39, 0.29) is 12.8 Å². The number of hydrogen-bond donors (Lipinski definition) is 2. The van der Waals surface area contributed by atoms with Crippen LogP contribution in [0.3, 0.4) is 0 Å². The lowest BCUT2D eigenvalue weighted by atomic mass is 9.87. The summed E-state index contributed by atoms with van der Waals surface area (Å²) in [6.07, 6.45) is 3.26. The van der Waals surface area contributed by atoms with Crippen molar-refractivity contribution in [1.82, 2.24) is 5.32 Å². The van der Waals surface area contributed by atoms with E-state index in [1.807, 2.05) is 24.3 Å². The maximum Gasteiger partial charge on any atom is 0.231 e. The first kappa shape index (κ1) is 16.0. The molecule has 0 amide bonds. The van der Waals surface area contributed by atoms with Crippen LogP contribution in [0.15, 0.2) is 36.4 Å². The molecular weight excluding hydrogens is 336 g/mol. The van der Waals surface area contributed by atoms with Crippen LogP contribution in [-0.2, 0) is 6.42 Å². The van der Waals surface area contributed by atoms with Crippen LogP contribution in [0, 0.1) is 0 Å². The molecule has 2 aromatic carbocycles. The summed E-state index contributed by atoms with van der Waals surface area (Å²) in [6, 6.07) is 12.2. The molecular formula is C19H20N2O3S. The Labute approximate surface area is 152 Å². The van der Waals surface area contributed by atoms with Crippen molar-refractivity contribution in [3.63, 3.8) is 0 Å². The number of aryl methyl sites for hydroxylation is 1. The van der Waals surface area contributed by atoms with Crippen LogP contribution in [0.5, 0.6) is 17.2 Å². The van der Waals surface area contributed by atoms with Crippen molar-refractivity contribution in [3.8, 4) is 17.2 Å². The van der Waals surface area contributed by atoms with Gasteiger partial charge in [-0.3, -0.25) is 0 Å². The third kappa shape index (κ3) is 3.35. The van der Waals surface area contributed by atoms with Crippen molar-refractivity contribution in [2.75, 3.05) is 19.2 Å². The number of thiocarbonyl (C=S) groups is 1. The van der Waals surface area contributed by atoms with Crippen LogP contribution in [0.2, 0.25) is 0 Å². The summed E-state index contributed by atoms with van der Waals surface area (Å²) in [5, 5.41) is 7.27. The van der Waals surface area contributed by atoms with E-state index in [9.17, 15) is 0 Å². The molecule has 5 nitrogen and oxygen atoms in total. The molecule has 1 aliphatic heterocycles. The SMILES string of the molecule is COc1ccc2c(c1)CCC[C@@H]2NC(=S)Nc1ccc2c(c1)OCO2. The van der Waals surface area contributed by atoms with Gasteiger partial charge in [0.05, 0.1) is 13.2 Å². The van der Waals surface area contributed by atoms with Crippen LogP contribution in [0.25, 0.3) is 0 Å². The standard InChI is InChI=1S/C19H20N2O3S/c1-22-14-6-7-15-12(9-14)3-2-4-16(15)21-19(25)20-13-5-8-17-18(10-13)24-11-23-17/h5-10,16H,2-4,11H2,1H3,(H2,20,21,25)/t16-/m0/s1. The van der Waals surface area contributed by atoms with Gasteiger partial charge in [0, 0.05) is 11.8 Å². The fourth-order valence-electron chi connectivity index (χ4n) is 3.37. The van der Waals surface area contributed by atoms with Crippen molar-refractivity contribution >= 4 is 23.0 Å². The molecule has 0 bridgehead atoms. The zero-order chi connectivity index (χ0) is 17.2. The zero-order valence-corrected chi connectivity index (χ0v) is 14.8. The van der Waals surface area contributed by atoms with E-state index in [0.29, 0.717) is 5.11 Å². The Hall–Kier alpha value is -2.47. The number of benzene rings is 2. The molecule has 2 aliphatic rings. The van der Waals surface area contributed by atoms with Crippen molar-refractivity contribution in [1.29, 1.82) is 0 Å². The third-order valence-electron chi connectivity index (χ3n) is 4.60. The Balaban J connectivity index is 1.45. The van der Waals surface area contributed by atoms with Crippen molar-refractivity contribution < 1.29 is 14.2 Å². The van der Waals surface area contributed by atoms with Crippen LogP contribution in [-0.4, -0.2) is 19.0 Å². The molecule has 1 atom stereocenters. The Morgan fingerprint density at radius 2 is 2.04 bits per heavy atom. The minimum atomic E-state index is 0.212. The lowest BCUT2D eigenvalue weighted by molar-refractivity contribution is 0.174. The summed E-state index contributed by atoms with van der Waals surface area (Å²) < 4.78 is 16.1. The van der Waals surface area contributed by atoms with Crippen molar-refractivity contribution in [2.45, 2.75) is 25.3 Å². The van der Waals surface area contributed by atoms with E-state index >= 15 is 0 Å². The Kier molecular flexibility index (Phi) is 4.36. The summed E-state index contributed by atoms with van der Waals surface area (Å²) in [5.41, 5.74) is 3.50. The van der Waals surface area contributed by atoms with Crippen LogP contribution < -0.4 is 24.8 Å². The molecule has 2 aromatic rings. The van der Waals surface area contributed by atoms with Gasteiger partial charge < -0.3 is 24.8 Å². The molecule has 0 fully saturated rings. The molecule has 0 saturated heterocycles. The van der Waals surface area contributed by atoms with Gasteiger partial charge in [0.1, 0.15) is 5.75 Å². The number of methoxy groups -OCH3 is 1. The van der Waals surface area contributed by atoms with Crippen molar-refractivity contribution in [2.24, 2.45) is 0 Å². The first-order valence-electron chi connectivity index (χ1n) is 8.37. The van der Waals surface area contributed by atoms with Crippen LogP contribution in [0.1, 0.15) is 30.0 Å². The second-order valence-electron chi connectivity index (χ2n) is 6.18. The Bertz CT molecular complexity index is 809. The first-order valence-corrected chi connectivity index (χ1v) is 8.78. The van der Waals surface area contributed by atoms with E-state index in [1.54, 1.807) is 7.11 Å². The van der Waals surface area contributed by atoms with Gasteiger partial charge in [0.2, 0.25) is 6.79 Å². The number of hydrogen-bond acceptors (Lipinski definition) is 4. The summed E-state index contributed by atoms with van der Waals surface area (Å²) in [7, 11) is 1.70. The summed E-state index contributed by atoms with van der Waals surface area (Å²) in [4.78, 5) is 0. The number of rotatable bonds is 3. The van der Waals surface area contributed by atoms with E-state index in [4.69, 9.17) is 26.4 Å². The molecule has 0 radical (unpaired) electrons. The quantitative estimate of drug-likeness (QED) is 0.816. The fourth-order valence-corrected chi connectivity index (χ4v) is 3.63. The van der Waals surface area contributed by atoms with Crippen LogP contribution in [0.4, 0.5) is 5.69 Å². The van der Waals surface area contributed by atoms with Gasteiger partial charge >= 0.3 is 0 Å². The van der Waals surface area contributed by atoms with E-state index in [0.717, 1.165) is 42.2 Å². The number of ether oxygens (including phenoxy) is 3. The highest BCUT2D eigenvalue weighted by Gasteiger charge is 2.21. The summed E-state index contributed by atoms with van der Waals surface area (Å²) in [6.45, 7) is 0.268. The molecule has 0 spiro atoms. The maximum atomic E-state index is 5.50. The minimum Gasteiger partial charge on any atom is -0.497 e. The van der Waals surface area contributed by atoms with Crippen LogP contribution >= 0.6 is 12.2 Å². The van der Waals surface area contributed by atoms with Gasteiger partial charge in [-0.25, -0.2) is 0 Å². The van der Waals surface area contributed by atoms with Gasteiger partial charge in [0.15, 0.2) is 16.6 Å². The summed E-state index contributed by atoms with van der Waals surface area (Å²) >= 11 is 5.50. The van der Waals surface area contributed by atoms with Gasteiger partial charge in [-0.15, -0.1) is 0 Å². The van der Waals surface area contributed by atoms with E-state index in [1.165, 1.54) is 11.1 Å². The molecule has 4 rings (SSSR count). The van der Waals surface area contributed by atoms with Gasteiger partial charge in [-0.05, 0) is 66.9 Å². The molecule has 0 aromatic heterocycles. The lowest BCUT2D eigenvalue weighted by Gasteiger charge is -2.28. The third-order valence-corrected chi connectivity index (χ3v) is 4.82. The Morgan fingerprint density at radius 3 is 2.92 bits per heavy atom. The Morgan fingerprint density at radius 1 is 1.16 bits per heavy atom. The highest BCUT2D eigenvalue weighted by atomic mass is 32.1. The molecule has 0 unspecified atom stereocenters. The average Bonchev–Trinajstić information content (AvgIpc) is 3.09. The predicted octanol–water partition coefficient (Wildman–Crippen LogP) is 3.79. The topological polar surface area (TPSA) is 51.8 Å². The minimum absolute atomic E-state index is 0.212. The summed E-state index contributed by atoms with van der Waals surface area (Å²) in [5.74, 6) is 2.41. The largest absolute Gasteiger partial charge is 0.497 e. The monoisotopic (exact) mass is 356 g/mol. The highest BCUT2D eigenvalue weighted by Crippen LogP contribution is 2.35. The number of fused-ring (bicyclic) bond motifs is 2. The second kappa shape index (κ2) is 6.80. The van der Waals surface area contributed by atoms with Crippen molar-refractivity contribution in [3.05, 3.63) is 47.5 Å². The normalized spacial score (nSPS) is 17.6. The average molecular weight is 356 g/mol. The smallest absolute Gasteiger partial charge is 0.231 e. The zero-order valence-electron chi connectivity index (χ0n) is 14.0. The van der Waals surface area contributed by atoms with E-state index < -0.39 is 0 Å². The van der Waals surface area contributed by atoms with Gasteiger partial charge in [0.25, 0.3) is 0 Å². The van der Waals surface area contributed by atoms with E-state index in [2.05, 4.69) is 22.8 Å². The lowest BCUT2D eigenvalue weighted by Crippen LogP contribution is -2.34. The van der Waals surface area contributed by atoms with Gasteiger partial charge in [-0.2, -0.15) is 0 Å². The second-order valence-corrected chi connectivity index (χ2v) is 6.58. The van der Waals surface area contributed by atoms with Gasteiger partial charge in [-0.1, -0.05) is 6.07 Å². The molecule has 1 aliphatic carbocycles. The number of anilines is 1. The predicted molar refractivity (Wildman–Crippen MR) is 101 cm³/mol.